The Morgan fingerprint density at radius 2 is 1.71 bits per heavy atom. The van der Waals surface area contributed by atoms with Crippen LogP contribution in [0.3, 0.4) is 0 Å². The van der Waals surface area contributed by atoms with Gasteiger partial charge in [-0.1, -0.05) is 19.3 Å². The maximum atomic E-state index is 13.6. The molecule has 0 atom stereocenters. The number of piperazine rings is 1. The Bertz CT molecular complexity index is 1520. The predicted molar refractivity (Wildman–Crippen MR) is 192 cm³/mol. The number of fused-ring (bicyclic) bond motifs is 1. The van der Waals surface area contributed by atoms with Crippen molar-refractivity contribution in [1.82, 2.24) is 25.1 Å². The van der Waals surface area contributed by atoms with Crippen LogP contribution >= 0.6 is 0 Å². The number of amides is 2. The standard InChI is InChI=1S/C38H54N8O3/c1-43-32-23-39-37(42-34(32)46(30-6-3-4-7-30)25-38(36(43)48)16-5-17-38)41-31-15-10-27(22-33(31)49-2)35(47)40-28-11-13-29(14-12-28)45-20-18-44(19-21-45)24-26-8-9-26/h10,15,22-23,26,28-30H,3-9,11-14,16-21,24-25H2,1-2H3,(H,40,47)(H,39,41,42)/t28-,29-. The first kappa shape index (κ1) is 32.7. The van der Waals surface area contributed by atoms with Crippen molar-refractivity contribution in [2.24, 2.45) is 11.3 Å². The van der Waals surface area contributed by atoms with Gasteiger partial charge in [-0.3, -0.25) is 14.5 Å². The fourth-order valence-corrected chi connectivity index (χ4v) is 9.19. The van der Waals surface area contributed by atoms with Gasteiger partial charge in [-0.2, -0.15) is 4.98 Å². The van der Waals surface area contributed by atoms with Crippen LogP contribution in [0.2, 0.25) is 0 Å². The normalized spacial score (nSPS) is 26.3. The average Bonchev–Trinajstić information content (AvgIpc) is 3.78. The number of hydrogen-bond acceptors (Lipinski definition) is 9. The molecular weight excluding hydrogens is 616 g/mol. The van der Waals surface area contributed by atoms with Crippen molar-refractivity contribution in [3.63, 3.8) is 0 Å². The molecule has 4 aliphatic carbocycles. The van der Waals surface area contributed by atoms with E-state index >= 15 is 0 Å². The van der Waals surface area contributed by atoms with Crippen LogP contribution in [0.1, 0.15) is 93.8 Å². The number of anilines is 4. The summed E-state index contributed by atoms with van der Waals surface area (Å²) in [5.74, 6) is 2.92. The van der Waals surface area contributed by atoms with Crippen molar-refractivity contribution in [3.8, 4) is 5.75 Å². The molecule has 2 amide bonds. The number of carbonyl (C=O) groups is 2. The summed E-state index contributed by atoms with van der Waals surface area (Å²) in [7, 11) is 3.49. The zero-order chi connectivity index (χ0) is 33.5. The van der Waals surface area contributed by atoms with Crippen molar-refractivity contribution in [2.75, 3.05) is 68.5 Å². The number of carbonyl (C=O) groups excluding carboxylic acids is 2. The van der Waals surface area contributed by atoms with Gasteiger partial charge in [0.1, 0.15) is 11.4 Å². The number of methoxy groups -OCH3 is 1. The molecule has 11 nitrogen and oxygen atoms in total. The number of benzene rings is 1. The molecule has 2 N–H and O–H groups in total. The zero-order valence-corrected chi connectivity index (χ0v) is 29.5. The molecule has 4 saturated carbocycles. The summed E-state index contributed by atoms with van der Waals surface area (Å²) in [6.45, 7) is 6.79. The SMILES string of the molecule is COc1cc(C(=O)N[C@H]2CC[C@H](N3CCN(CC4CC4)CC3)CC2)ccc1Nc1ncc2c(n1)N(C1CCCC1)CC1(CCC1)C(=O)N2C. The van der Waals surface area contributed by atoms with Crippen LogP contribution in [-0.4, -0.2) is 103 Å². The molecule has 0 unspecified atom stereocenters. The van der Waals surface area contributed by atoms with E-state index < -0.39 is 0 Å². The zero-order valence-electron chi connectivity index (χ0n) is 29.5. The minimum absolute atomic E-state index is 0.0619. The monoisotopic (exact) mass is 670 g/mol. The highest BCUT2D eigenvalue weighted by molar-refractivity contribution is 6.02. The molecule has 2 aromatic rings. The van der Waals surface area contributed by atoms with E-state index in [2.05, 4.69) is 30.3 Å². The fraction of sp³-hybridized carbons (Fsp3) is 0.684. The van der Waals surface area contributed by atoms with Crippen molar-refractivity contribution >= 4 is 35.0 Å². The molecule has 2 aliphatic heterocycles. The van der Waals surface area contributed by atoms with E-state index in [1.54, 1.807) is 24.3 Å². The summed E-state index contributed by atoms with van der Waals surface area (Å²) >= 11 is 0. The topological polar surface area (TPSA) is 106 Å². The largest absolute Gasteiger partial charge is 0.495 e. The van der Waals surface area contributed by atoms with E-state index in [1.165, 1.54) is 58.4 Å². The number of ether oxygens (including phenoxy) is 1. The molecule has 3 heterocycles. The number of nitrogens with one attached hydrogen (secondary N) is 2. The minimum atomic E-state index is -0.324. The Labute approximate surface area is 291 Å². The molecule has 0 radical (unpaired) electrons. The first-order valence-electron chi connectivity index (χ1n) is 19.0. The van der Waals surface area contributed by atoms with Gasteiger partial charge in [0.05, 0.1) is 24.4 Å². The molecule has 0 bridgehead atoms. The van der Waals surface area contributed by atoms with Gasteiger partial charge >= 0.3 is 0 Å². The summed E-state index contributed by atoms with van der Waals surface area (Å²) in [5.41, 5.74) is 1.72. The number of rotatable bonds is 9. The van der Waals surface area contributed by atoms with Crippen molar-refractivity contribution < 1.29 is 14.3 Å². The van der Waals surface area contributed by atoms with Gasteiger partial charge in [-0.05, 0) is 88.3 Å². The summed E-state index contributed by atoms with van der Waals surface area (Å²) < 4.78 is 5.76. The summed E-state index contributed by atoms with van der Waals surface area (Å²) in [5, 5.41) is 6.67. The minimum Gasteiger partial charge on any atom is -0.495 e. The van der Waals surface area contributed by atoms with Gasteiger partial charge in [0.2, 0.25) is 11.9 Å². The first-order valence-corrected chi connectivity index (χ1v) is 19.0. The summed E-state index contributed by atoms with van der Waals surface area (Å²) in [4.78, 5) is 46.3. The fourth-order valence-electron chi connectivity index (χ4n) is 9.19. The van der Waals surface area contributed by atoms with E-state index in [-0.39, 0.29) is 23.3 Å². The van der Waals surface area contributed by atoms with E-state index in [0.29, 0.717) is 35.0 Å². The molecule has 49 heavy (non-hydrogen) atoms. The molecule has 6 aliphatic rings. The molecule has 11 heteroatoms. The Kier molecular flexibility index (Phi) is 9.16. The van der Waals surface area contributed by atoms with Crippen LogP contribution < -0.4 is 25.2 Å². The van der Waals surface area contributed by atoms with Gasteiger partial charge in [0, 0.05) is 70.0 Å². The average molecular weight is 671 g/mol. The molecule has 8 rings (SSSR count). The van der Waals surface area contributed by atoms with Gasteiger partial charge in [-0.15, -0.1) is 0 Å². The highest BCUT2D eigenvalue weighted by atomic mass is 16.5. The van der Waals surface area contributed by atoms with E-state index in [1.807, 2.05) is 19.2 Å². The van der Waals surface area contributed by atoms with Crippen LogP contribution in [-0.2, 0) is 4.79 Å². The van der Waals surface area contributed by atoms with Crippen molar-refractivity contribution in [3.05, 3.63) is 30.0 Å². The molecular formula is C38H54N8O3. The van der Waals surface area contributed by atoms with E-state index in [9.17, 15) is 9.59 Å². The number of aromatic nitrogens is 2. The van der Waals surface area contributed by atoms with E-state index in [0.717, 1.165) is 81.8 Å². The molecule has 264 valence electrons. The third kappa shape index (κ3) is 6.72. The van der Waals surface area contributed by atoms with Gasteiger partial charge in [0.25, 0.3) is 5.91 Å². The lowest BCUT2D eigenvalue weighted by Crippen LogP contribution is -2.52. The highest BCUT2D eigenvalue weighted by Gasteiger charge is 2.51. The smallest absolute Gasteiger partial charge is 0.251 e. The summed E-state index contributed by atoms with van der Waals surface area (Å²) in [6, 6.07) is 6.73. The Morgan fingerprint density at radius 3 is 2.39 bits per heavy atom. The van der Waals surface area contributed by atoms with Crippen molar-refractivity contribution in [2.45, 2.75) is 102 Å². The third-order valence-electron chi connectivity index (χ3n) is 12.6. The van der Waals surface area contributed by atoms with Crippen LogP contribution in [0, 0.1) is 11.3 Å². The van der Waals surface area contributed by atoms with Gasteiger partial charge < -0.3 is 30.1 Å². The van der Waals surface area contributed by atoms with Crippen molar-refractivity contribution in [1.29, 1.82) is 0 Å². The quantitative estimate of drug-likeness (QED) is 0.373. The Morgan fingerprint density at radius 1 is 0.959 bits per heavy atom. The highest BCUT2D eigenvalue weighted by Crippen LogP contribution is 2.49. The van der Waals surface area contributed by atoms with Crippen LogP contribution in [0.4, 0.5) is 23.1 Å². The van der Waals surface area contributed by atoms with Crippen LogP contribution in [0.15, 0.2) is 24.4 Å². The van der Waals surface area contributed by atoms with Gasteiger partial charge in [0.15, 0.2) is 5.82 Å². The first-order chi connectivity index (χ1) is 23.9. The van der Waals surface area contributed by atoms with Gasteiger partial charge in [-0.25, -0.2) is 4.98 Å². The van der Waals surface area contributed by atoms with Crippen LogP contribution in [0.5, 0.6) is 5.75 Å². The maximum Gasteiger partial charge on any atom is 0.251 e. The lowest BCUT2D eigenvalue weighted by atomic mass is 9.67. The molecule has 1 aromatic carbocycles. The third-order valence-corrected chi connectivity index (χ3v) is 12.6. The van der Waals surface area contributed by atoms with E-state index in [4.69, 9.17) is 9.72 Å². The second-order valence-electron chi connectivity index (χ2n) is 15.8. The lowest BCUT2D eigenvalue weighted by molar-refractivity contribution is -0.131. The number of nitrogens with zero attached hydrogens (tertiary/aromatic N) is 6. The molecule has 1 saturated heterocycles. The molecule has 1 aromatic heterocycles. The Hall–Kier alpha value is -3.44. The molecule has 5 fully saturated rings. The molecule has 1 spiro atoms. The number of hydrogen-bond donors (Lipinski definition) is 2. The second kappa shape index (κ2) is 13.7. The second-order valence-corrected chi connectivity index (χ2v) is 15.8. The predicted octanol–water partition coefficient (Wildman–Crippen LogP) is 5.19. The lowest BCUT2D eigenvalue weighted by Gasteiger charge is -2.44. The van der Waals surface area contributed by atoms with Crippen LogP contribution in [0.25, 0.3) is 0 Å². The Balaban J connectivity index is 0.907. The maximum absolute atomic E-state index is 13.6. The summed E-state index contributed by atoms with van der Waals surface area (Å²) in [6.07, 6.45) is 16.6.